The predicted octanol–water partition coefficient (Wildman–Crippen LogP) is 3.33. The van der Waals surface area contributed by atoms with Crippen LogP contribution >= 0.6 is 0 Å². The molecule has 1 N–H and O–H groups in total. The third-order valence-electron chi connectivity index (χ3n) is 3.39. The number of anilines is 1. The Morgan fingerprint density at radius 1 is 1.12 bits per heavy atom. The van der Waals surface area contributed by atoms with Gasteiger partial charge < -0.3 is 5.32 Å². The third-order valence-corrected chi connectivity index (χ3v) is 3.39. The molecule has 0 fully saturated rings. The second-order valence-electron chi connectivity index (χ2n) is 5.25. The molecule has 0 saturated heterocycles. The van der Waals surface area contributed by atoms with Crippen LogP contribution in [-0.2, 0) is 11.0 Å². The number of aromatic nitrogens is 4. The summed E-state index contributed by atoms with van der Waals surface area (Å²) in [4.78, 5) is 11.9. The number of benzene rings is 2. The minimum atomic E-state index is -4.42. The van der Waals surface area contributed by atoms with Crippen molar-refractivity contribution < 1.29 is 18.0 Å². The van der Waals surface area contributed by atoms with Gasteiger partial charge in [-0.3, -0.25) is 4.79 Å². The molecular weight excluding hydrogens is 347 g/mol. The first-order valence-electron chi connectivity index (χ1n) is 7.41. The highest BCUT2D eigenvalue weighted by atomic mass is 19.4. The van der Waals surface area contributed by atoms with E-state index in [2.05, 4.69) is 20.8 Å². The number of tetrazole rings is 1. The minimum absolute atomic E-state index is 0.281. The van der Waals surface area contributed by atoms with Gasteiger partial charge >= 0.3 is 6.18 Å². The van der Waals surface area contributed by atoms with E-state index in [1.807, 2.05) is 0 Å². The monoisotopic (exact) mass is 359 g/mol. The third kappa shape index (κ3) is 4.32. The van der Waals surface area contributed by atoms with E-state index >= 15 is 0 Å². The standard InChI is InChI=1S/C17H12F3N5O/c18-17(19,20)13-3-1-2-12(10-13)4-9-16(26)22-14-5-7-15(8-6-14)25-11-21-23-24-25/h1-11H,(H,22,26)/b9-4+. The molecular formula is C17H12F3N5O. The Morgan fingerprint density at radius 2 is 1.88 bits per heavy atom. The second-order valence-corrected chi connectivity index (χ2v) is 5.25. The van der Waals surface area contributed by atoms with Crippen molar-refractivity contribution >= 4 is 17.7 Å². The normalized spacial score (nSPS) is 11.7. The van der Waals surface area contributed by atoms with E-state index in [1.165, 1.54) is 35.3 Å². The van der Waals surface area contributed by atoms with Crippen LogP contribution in [0.4, 0.5) is 18.9 Å². The highest BCUT2D eigenvalue weighted by Gasteiger charge is 2.30. The van der Waals surface area contributed by atoms with Crippen molar-refractivity contribution in [1.29, 1.82) is 0 Å². The van der Waals surface area contributed by atoms with Crippen molar-refractivity contribution in [3.8, 4) is 5.69 Å². The zero-order valence-electron chi connectivity index (χ0n) is 13.2. The SMILES string of the molecule is O=C(/C=C/c1cccc(C(F)(F)F)c1)Nc1ccc(-n2cnnn2)cc1. The van der Waals surface area contributed by atoms with E-state index in [0.717, 1.165) is 12.1 Å². The molecule has 0 aliphatic carbocycles. The highest BCUT2D eigenvalue weighted by molar-refractivity contribution is 6.01. The number of hydrogen-bond acceptors (Lipinski definition) is 4. The molecule has 2 aromatic carbocycles. The Bertz CT molecular complexity index is 918. The number of carbonyl (C=O) groups is 1. The van der Waals surface area contributed by atoms with E-state index < -0.39 is 17.6 Å². The van der Waals surface area contributed by atoms with E-state index in [-0.39, 0.29) is 5.56 Å². The molecule has 1 aromatic heterocycles. The van der Waals surface area contributed by atoms with Gasteiger partial charge in [-0.2, -0.15) is 13.2 Å². The Hall–Kier alpha value is -3.49. The number of halogens is 3. The second kappa shape index (κ2) is 7.18. The molecule has 9 heteroatoms. The Balaban J connectivity index is 1.64. The Kier molecular flexibility index (Phi) is 4.78. The van der Waals surface area contributed by atoms with Crippen LogP contribution in [-0.4, -0.2) is 26.1 Å². The maximum atomic E-state index is 12.7. The summed E-state index contributed by atoms with van der Waals surface area (Å²) in [6, 6.07) is 11.5. The van der Waals surface area contributed by atoms with Crippen LogP contribution in [0.3, 0.4) is 0 Å². The lowest BCUT2D eigenvalue weighted by Gasteiger charge is -2.06. The van der Waals surface area contributed by atoms with Gasteiger partial charge in [0, 0.05) is 11.8 Å². The highest BCUT2D eigenvalue weighted by Crippen LogP contribution is 2.29. The molecule has 3 rings (SSSR count). The average Bonchev–Trinajstić information content (AvgIpc) is 3.15. The zero-order valence-corrected chi connectivity index (χ0v) is 13.2. The van der Waals surface area contributed by atoms with Crippen LogP contribution in [0.2, 0.25) is 0 Å². The van der Waals surface area contributed by atoms with Gasteiger partial charge in [0.1, 0.15) is 6.33 Å². The Labute approximate surface area is 146 Å². The Morgan fingerprint density at radius 3 is 2.54 bits per heavy atom. The first-order chi connectivity index (χ1) is 12.4. The van der Waals surface area contributed by atoms with E-state index in [9.17, 15) is 18.0 Å². The summed E-state index contributed by atoms with van der Waals surface area (Å²) in [5.41, 5.74) is 0.760. The summed E-state index contributed by atoms with van der Waals surface area (Å²) in [6.45, 7) is 0. The van der Waals surface area contributed by atoms with E-state index in [4.69, 9.17) is 0 Å². The van der Waals surface area contributed by atoms with Gasteiger partial charge in [-0.25, -0.2) is 4.68 Å². The van der Waals surface area contributed by atoms with Crippen LogP contribution in [0.1, 0.15) is 11.1 Å². The van der Waals surface area contributed by atoms with Gasteiger partial charge in [-0.05, 0) is 58.5 Å². The molecule has 26 heavy (non-hydrogen) atoms. The number of nitrogens with one attached hydrogen (secondary N) is 1. The number of alkyl halides is 3. The molecule has 0 aliphatic heterocycles. The van der Waals surface area contributed by atoms with Gasteiger partial charge in [-0.15, -0.1) is 5.10 Å². The minimum Gasteiger partial charge on any atom is -0.323 e. The van der Waals surface area contributed by atoms with Crippen molar-refractivity contribution in [3.63, 3.8) is 0 Å². The average molecular weight is 359 g/mol. The maximum absolute atomic E-state index is 12.7. The summed E-state index contributed by atoms with van der Waals surface area (Å²) < 4.78 is 39.5. The molecule has 0 saturated carbocycles. The van der Waals surface area contributed by atoms with Crippen LogP contribution in [0.15, 0.2) is 60.9 Å². The van der Waals surface area contributed by atoms with Crippen LogP contribution in [0.5, 0.6) is 0 Å². The summed E-state index contributed by atoms with van der Waals surface area (Å²) in [6.07, 6.45) is -0.496. The number of amides is 1. The van der Waals surface area contributed by atoms with Crippen LogP contribution < -0.4 is 5.32 Å². The van der Waals surface area contributed by atoms with Crippen molar-refractivity contribution in [3.05, 3.63) is 72.1 Å². The number of rotatable bonds is 4. The summed E-state index contributed by atoms with van der Waals surface area (Å²) in [7, 11) is 0. The fraction of sp³-hybridized carbons (Fsp3) is 0.0588. The van der Waals surface area contributed by atoms with Crippen molar-refractivity contribution in [1.82, 2.24) is 20.2 Å². The molecule has 0 unspecified atom stereocenters. The van der Waals surface area contributed by atoms with Gasteiger partial charge in [-0.1, -0.05) is 12.1 Å². The number of carbonyl (C=O) groups excluding carboxylic acids is 1. The van der Waals surface area contributed by atoms with Gasteiger partial charge in [0.25, 0.3) is 0 Å². The quantitative estimate of drug-likeness (QED) is 0.725. The first-order valence-corrected chi connectivity index (χ1v) is 7.41. The van der Waals surface area contributed by atoms with Gasteiger partial charge in [0.2, 0.25) is 5.91 Å². The molecule has 0 atom stereocenters. The molecule has 1 heterocycles. The van der Waals surface area contributed by atoms with Crippen LogP contribution in [0.25, 0.3) is 11.8 Å². The first kappa shape index (κ1) is 17.3. The fourth-order valence-electron chi connectivity index (χ4n) is 2.15. The largest absolute Gasteiger partial charge is 0.416 e. The van der Waals surface area contributed by atoms with Crippen LogP contribution in [0, 0.1) is 0 Å². The van der Waals surface area contributed by atoms with Crippen molar-refractivity contribution in [2.45, 2.75) is 6.18 Å². The molecule has 0 aliphatic rings. The smallest absolute Gasteiger partial charge is 0.323 e. The van der Waals surface area contributed by atoms with E-state index in [0.29, 0.717) is 11.4 Å². The number of nitrogens with zero attached hydrogens (tertiary/aromatic N) is 4. The van der Waals surface area contributed by atoms with Crippen molar-refractivity contribution in [2.75, 3.05) is 5.32 Å². The van der Waals surface area contributed by atoms with E-state index in [1.54, 1.807) is 24.3 Å². The number of hydrogen-bond donors (Lipinski definition) is 1. The maximum Gasteiger partial charge on any atom is 0.416 e. The lowest BCUT2D eigenvalue weighted by atomic mass is 10.1. The molecule has 0 bridgehead atoms. The molecule has 6 nitrogen and oxygen atoms in total. The van der Waals surface area contributed by atoms with Gasteiger partial charge in [0.15, 0.2) is 0 Å². The summed E-state index contributed by atoms with van der Waals surface area (Å²) >= 11 is 0. The fourth-order valence-corrected chi connectivity index (χ4v) is 2.15. The topological polar surface area (TPSA) is 72.7 Å². The predicted molar refractivity (Wildman–Crippen MR) is 88.3 cm³/mol. The molecule has 3 aromatic rings. The molecule has 0 spiro atoms. The van der Waals surface area contributed by atoms with Crippen molar-refractivity contribution in [2.24, 2.45) is 0 Å². The molecule has 0 radical (unpaired) electrons. The summed E-state index contributed by atoms with van der Waals surface area (Å²) in [5, 5.41) is 13.4. The molecule has 1 amide bonds. The van der Waals surface area contributed by atoms with Gasteiger partial charge in [0.05, 0.1) is 11.3 Å². The molecule has 132 valence electrons. The lowest BCUT2D eigenvalue weighted by Crippen LogP contribution is -2.08. The summed E-state index contributed by atoms with van der Waals surface area (Å²) in [5.74, 6) is -0.461. The lowest BCUT2D eigenvalue weighted by molar-refractivity contribution is -0.137. The zero-order chi connectivity index (χ0) is 18.6.